The summed E-state index contributed by atoms with van der Waals surface area (Å²) in [6.45, 7) is 0. The summed E-state index contributed by atoms with van der Waals surface area (Å²) in [7, 11) is -3.21. The summed E-state index contributed by atoms with van der Waals surface area (Å²) >= 11 is 0. The summed E-state index contributed by atoms with van der Waals surface area (Å²) < 4.78 is 13.7. The third kappa shape index (κ3) is 4.42. The number of benzene rings is 2. The number of hydrogen-bond donors (Lipinski definition) is 3. The van der Waals surface area contributed by atoms with Crippen molar-refractivity contribution in [2.24, 2.45) is 5.10 Å². The molecule has 1 heterocycles. The molecule has 28 heavy (non-hydrogen) atoms. The molecule has 9 heteroatoms. The fraction of sp³-hybridized carbons (Fsp3) is 0.0526. The van der Waals surface area contributed by atoms with E-state index in [1.165, 1.54) is 6.20 Å². The van der Waals surface area contributed by atoms with E-state index in [9.17, 15) is 18.9 Å². The van der Waals surface area contributed by atoms with E-state index in [-0.39, 0.29) is 11.7 Å². The van der Waals surface area contributed by atoms with Crippen LogP contribution in [-0.2, 0) is 9.36 Å². The monoisotopic (exact) mass is 396 g/mol. The van der Waals surface area contributed by atoms with Crippen molar-refractivity contribution in [1.82, 2.24) is 15.4 Å². The zero-order chi connectivity index (χ0) is 20.0. The first-order chi connectivity index (χ1) is 13.5. The normalized spacial score (nSPS) is 11.4. The average molecular weight is 396 g/mol. The van der Waals surface area contributed by atoms with Gasteiger partial charge in [-0.3, -0.25) is 14.6 Å². The Kier molecular flexibility index (Phi) is 5.81. The van der Waals surface area contributed by atoms with Gasteiger partial charge in [-0.1, -0.05) is 60.7 Å². The van der Waals surface area contributed by atoms with Crippen molar-refractivity contribution < 1.29 is 9.36 Å². The highest BCUT2D eigenvalue weighted by Gasteiger charge is 2.30. The molecular formula is C19H17N4O4P. The van der Waals surface area contributed by atoms with Crippen molar-refractivity contribution in [1.29, 1.82) is 0 Å². The summed E-state index contributed by atoms with van der Waals surface area (Å²) in [5.41, 5.74) is 1.07. The highest BCUT2D eigenvalue weighted by molar-refractivity contribution is 7.79. The van der Waals surface area contributed by atoms with E-state index in [4.69, 9.17) is 0 Å². The molecule has 3 N–H and O–H groups in total. The number of carbonyl (C=O) groups excluding carboxylic acids is 1. The van der Waals surface area contributed by atoms with Gasteiger partial charge in [-0.25, -0.2) is 10.2 Å². The molecule has 2 aromatic carbocycles. The molecule has 0 atom stereocenters. The van der Waals surface area contributed by atoms with Crippen LogP contribution in [0, 0.1) is 0 Å². The molecule has 0 aliphatic heterocycles. The van der Waals surface area contributed by atoms with Crippen molar-refractivity contribution in [2.45, 2.75) is 0 Å². The maximum atomic E-state index is 13.7. The van der Waals surface area contributed by atoms with Gasteiger partial charge in [-0.05, 0) is 0 Å². The predicted octanol–water partition coefficient (Wildman–Crippen LogP) is 0.527. The highest BCUT2D eigenvalue weighted by Crippen LogP contribution is 2.42. The van der Waals surface area contributed by atoms with E-state index in [0.29, 0.717) is 10.6 Å². The molecule has 8 nitrogen and oxygen atoms in total. The molecule has 0 unspecified atom stereocenters. The lowest BCUT2D eigenvalue weighted by Gasteiger charge is -2.18. The number of aromatic amines is 2. The zero-order valence-corrected chi connectivity index (χ0v) is 15.6. The number of hydrogen-bond acceptors (Lipinski definition) is 5. The van der Waals surface area contributed by atoms with Crippen LogP contribution in [0.3, 0.4) is 0 Å². The molecule has 0 radical (unpaired) electrons. The van der Waals surface area contributed by atoms with Crippen LogP contribution in [-0.4, -0.2) is 28.3 Å². The second-order valence-corrected chi connectivity index (χ2v) is 8.72. The fourth-order valence-electron chi connectivity index (χ4n) is 2.60. The quantitative estimate of drug-likeness (QED) is 0.319. The van der Waals surface area contributed by atoms with Crippen molar-refractivity contribution in [3.63, 3.8) is 0 Å². The number of amides is 1. The minimum atomic E-state index is -3.21. The first kappa shape index (κ1) is 19.3. The zero-order valence-electron chi connectivity index (χ0n) is 14.7. The molecule has 0 saturated carbocycles. The number of nitrogens with zero attached hydrogens (tertiary/aromatic N) is 1. The lowest BCUT2D eigenvalue weighted by Crippen LogP contribution is -2.29. The molecular weight excluding hydrogens is 379 g/mol. The Labute approximate surface area is 159 Å². The molecule has 0 saturated heterocycles. The van der Waals surface area contributed by atoms with Crippen molar-refractivity contribution in [3.05, 3.63) is 93.3 Å². The molecule has 1 amide bonds. The summed E-state index contributed by atoms with van der Waals surface area (Å²) in [5, 5.41) is 4.85. The van der Waals surface area contributed by atoms with Crippen molar-refractivity contribution >= 4 is 29.9 Å². The molecule has 0 spiro atoms. The van der Waals surface area contributed by atoms with Gasteiger partial charge in [-0.2, -0.15) is 5.10 Å². The summed E-state index contributed by atoms with van der Waals surface area (Å²) in [6, 6.07) is 17.6. The summed E-state index contributed by atoms with van der Waals surface area (Å²) in [6.07, 6.45) is 2.00. The van der Waals surface area contributed by atoms with E-state index in [0.717, 1.165) is 6.21 Å². The lowest BCUT2D eigenvalue weighted by molar-refractivity contribution is -0.118. The highest BCUT2D eigenvalue weighted by atomic mass is 31.2. The standard InChI is InChI=1S/C19H17N4O4P/c24-17(23-21-12-14-11-20-19(26)22-18(14)25)13-28(27,15-7-3-1-4-8-15)16-9-5-2-6-10-16/h1-12H,13H2,(H,23,24)(H2,20,22,25,26)/b21-12+. The number of nitrogens with one attached hydrogen (secondary N) is 3. The topological polar surface area (TPSA) is 124 Å². The molecule has 3 aromatic rings. The van der Waals surface area contributed by atoms with Gasteiger partial charge in [0.15, 0.2) is 7.14 Å². The SMILES string of the molecule is O=C(CP(=O)(c1ccccc1)c1ccccc1)N/N=C/c1c[nH]c(=O)[nH]c1=O. The minimum Gasteiger partial charge on any atom is -0.313 e. The van der Waals surface area contributed by atoms with E-state index >= 15 is 0 Å². The Morgan fingerprint density at radius 1 is 1.00 bits per heavy atom. The number of H-pyrrole nitrogens is 2. The van der Waals surface area contributed by atoms with Gasteiger partial charge in [0.05, 0.1) is 17.9 Å². The van der Waals surface area contributed by atoms with Gasteiger partial charge >= 0.3 is 5.69 Å². The smallest absolute Gasteiger partial charge is 0.313 e. The van der Waals surface area contributed by atoms with Gasteiger partial charge in [-0.15, -0.1) is 0 Å². The second-order valence-electron chi connectivity index (χ2n) is 5.89. The third-order valence-corrected chi connectivity index (χ3v) is 6.95. The predicted molar refractivity (Wildman–Crippen MR) is 108 cm³/mol. The van der Waals surface area contributed by atoms with E-state index in [1.54, 1.807) is 48.5 Å². The lowest BCUT2D eigenvalue weighted by atomic mass is 10.4. The Morgan fingerprint density at radius 2 is 1.57 bits per heavy atom. The first-order valence-corrected chi connectivity index (χ1v) is 10.2. The van der Waals surface area contributed by atoms with Crippen LogP contribution in [0.2, 0.25) is 0 Å². The Morgan fingerprint density at radius 3 is 2.11 bits per heavy atom. The van der Waals surface area contributed by atoms with Crippen LogP contribution in [0.15, 0.2) is 81.6 Å². The summed E-state index contributed by atoms with van der Waals surface area (Å²) in [5.74, 6) is -0.562. The number of aromatic nitrogens is 2. The van der Waals surface area contributed by atoms with Crippen LogP contribution in [0.5, 0.6) is 0 Å². The second kappa shape index (κ2) is 8.45. The molecule has 0 aliphatic rings. The number of rotatable bonds is 6. The van der Waals surface area contributed by atoms with Crippen LogP contribution < -0.4 is 27.3 Å². The summed E-state index contributed by atoms with van der Waals surface area (Å²) in [4.78, 5) is 39.3. The molecule has 0 bridgehead atoms. The fourth-order valence-corrected chi connectivity index (χ4v) is 5.04. The molecule has 3 rings (SSSR count). The molecule has 0 fully saturated rings. The minimum absolute atomic E-state index is 0.0641. The van der Waals surface area contributed by atoms with Gasteiger partial charge in [0.2, 0.25) is 5.91 Å². The van der Waals surface area contributed by atoms with Crippen molar-refractivity contribution in [3.8, 4) is 0 Å². The molecule has 1 aromatic heterocycles. The van der Waals surface area contributed by atoms with Gasteiger partial charge in [0.1, 0.15) is 0 Å². The Hall–Kier alpha value is -3.51. The maximum Gasteiger partial charge on any atom is 0.325 e. The van der Waals surface area contributed by atoms with E-state index in [1.807, 2.05) is 17.1 Å². The molecule has 0 aliphatic carbocycles. The van der Waals surface area contributed by atoms with E-state index < -0.39 is 24.3 Å². The number of carbonyl (C=O) groups is 1. The van der Waals surface area contributed by atoms with Crippen LogP contribution in [0.1, 0.15) is 5.56 Å². The average Bonchev–Trinajstić information content (AvgIpc) is 2.71. The number of hydrazone groups is 1. The van der Waals surface area contributed by atoms with Crippen LogP contribution >= 0.6 is 7.14 Å². The maximum absolute atomic E-state index is 13.7. The third-order valence-electron chi connectivity index (χ3n) is 3.95. The van der Waals surface area contributed by atoms with Gasteiger partial charge < -0.3 is 9.55 Å². The van der Waals surface area contributed by atoms with Gasteiger partial charge in [0, 0.05) is 16.8 Å². The van der Waals surface area contributed by atoms with Crippen molar-refractivity contribution in [2.75, 3.05) is 6.16 Å². The Bertz CT molecular complexity index is 1110. The Balaban J connectivity index is 1.81. The molecule has 142 valence electrons. The van der Waals surface area contributed by atoms with E-state index in [2.05, 4.69) is 15.5 Å². The van der Waals surface area contributed by atoms with Crippen LogP contribution in [0.25, 0.3) is 0 Å². The van der Waals surface area contributed by atoms with Gasteiger partial charge in [0.25, 0.3) is 5.56 Å². The largest absolute Gasteiger partial charge is 0.325 e. The first-order valence-electron chi connectivity index (χ1n) is 8.33. The van der Waals surface area contributed by atoms with Crippen LogP contribution in [0.4, 0.5) is 0 Å².